The van der Waals surface area contributed by atoms with Crippen LogP contribution in [0.25, 0.3) is 0 Å². The van der Waals surface area contributed by atoms with Crippen LogP contribution in [0, 0.1) is 0 Å². The van der Waals surface area contributed by atoms with E-state index in [4.69, 9.17) is 14.2 Å². The molecule has 6 heteroatoms. The van der Waals surface area contributed by atoms with Crippen LogP contribution in [0.2, 0.25) is 0 Å². The fraction of sp³-hybridized carbons (Fsp3) is 0.500. The number of hydrogen-bond acceptors (Lipinski definition) is 6. The average Bonchev–Trinajstić information content (AvgIpc) is 2.79. The van der Waals surface area contributed by atoms with E-state index in [0.29, 0.717) is 31.2 Å². The number of piperidine rings is 1. The zero-order valence-electron chi connectivity index (χ0n) is 17.9. The number of methoxy groups -OCH3 is 1. The van der Waals surface area contributed by atoms with Gasteiger partial charge in [0.2, 0.25) is 0 Å². The Morgan fingerprint density at radius 2 is 1.80 bits per heavy atom. The van der Waals surface area contributed by atoms with E-state index in [0.717, 1.165) is 30.9 Å². The van der Waals surface area contributed by atoms with Crippen LogP contribution in [0.3, 0.4) is 0 Å². The second-order valence-electron chi connectivity index (χ2n) is 7.65. The number of benzene rings is 2. The lowest BCUT2D eigenvalue weighted by atomic mass is 10.1. The standard InChI is InChI=1S/C24H34N2O4/c1-28-23-11-10-20(17-25-12-15-29-22-8-4-2-5-9-22)16-24(23)30-19-21(27)18-26-13-6-3-7-14-26/h2,4-5,8-11,16,21,25,27H,3,6-7,12-15,17-19H2,1H3/t21-/m0/s1. The van der Waals surface area contributed by atoms with Crippen LogP contribution in [-0.2, 0) is 6.54 Å². The zero-order chi connectivity index (χ0) is 21.0. The lowest BCUT2D eigenvalue weighted by Crippen LogP contribution is -2.38. The first-order valence-electron chi connectivity index (χ1n) is 10.8. The van der Waals surface area contributed by atoms with Gasteiger partial charge in [-0.25, -0.2) is 0 Å². The van der Waals surface area contributed by atoms with Crippen LogP contribution < -0.4 is 19.5 Å². The highest BCUT2D eigenvalue weighted by atomic mass is 16.5. The molecule has 0 aromatic heterocycles. The average molecular weight is 415 g/mol. The Kier molecular flexibility index (Phi) is 9.28. The summed E-state index contributed by atoms with van der Waals surface area (Å²) in [6.07, 6.45) is 3.21. The van der Waals surface area contributed by atoms with Crippen molar-refractivity contribution in [2.75, 3.05) is 46.5 Å². The van der Waals surface area contributed by atoms with Gasteiger partial charge in [0.1, 0.15) is 25.1 Å². The number of ether oxygens (including phenoxy) is 3. The summed E-state index contributed by atoms with van der Waals surface area (Å²) in [6, 6.07) is 15.7. The van der Waals surface area contributed by atoms with E-state index >= 15 is 0 Å². The summed E-state index contributed by atoms with van der Waals surface area (Å²) >= 11 is 0. The maximum atomic E-state index is 10.4. The van der Waals surface area contributed by atoms with E-state index < -0.39 is 6.10 Å². The summed E-state index contributed by atoms with van der Waals surface area (Å²) < 4.78 is 17.0. The van der Waals surface area contributed by atoms with Crippen LogP contribution in [0.5, 0.6) is 17.2 Å². The maximum absolute atomic E-state index is 10.4. The van der Waals surface area contributed by atoms with Gasteiger partial charge in [0, 0.05) is 19.6 Å². The van der Waals surface area contributed by atoms with Gasteiger partial charge in [-0.15, -0.1) is 0 Å². The van der Waals surface area contributed by atoms with Crippen molar-refractivity contribution in [2.45, 2.75) is 31.9 Å². The molecule has 6 nitrogen and oxygen atoms in total. The van der Waals surface area contributed by atoms with Gasteiger partial charge in [0.15, 0.2) is 11.5 Å². The van der Waals surface area contributed by atoms with E-state index in [1.807, 2.05) is 48.5 Å². The molecule has 164 valence electrons. The van der Waals surface area contributed by atoms with E-state index in [1.54, 1.807) is 7.11 Å². The minimum absolute atomic E-state index is 0.259. The number of rotatable bonds is 12. The van der Waals surface area contributed by atoms with Crippen molar-refractivity contribution in [3.63, 3.8) is 0 Å². The zero-order valence-corrected chi connectivity index (χ0v) is 17.9. The van der Waals surface area contributed by atoms with Crippen LogP contribution in [0.15, 0.2) is 48.5 Å². The number of para-hydroxylation sites is 1. The molecule has 0 saturated carbocycles. The highest BCUT2D eigenvalue weighted by Crippen LogP contribution is 2.28. The predicted molar refractivity (Wildman–Crippen MR) is 118 cm³/mol. The third-order valence-corrected chi connectivity index (χ3v) is 5.20. The van der Waals surface area contributed by atoms with E-state index in [1.165, 1.54) is 19.3 Å². The molecule has 0 unspecified atom stereocenters. The minimum atomic E-state index is -0.510. The molecule has 0 aliphatic carbocycles. The molecule has 2 aromatic rings. The smallest absolute Gasteiger partial charge is 0.161 e. The Hall–Kier alpha value is -2.28. The molecule has 1 heterocycles. The Labute approximate surface area is 179 Å². The quantitative estimate of drug-likeness (QED) is 0.521. The molecule has 0 bridgehead atoms. The SMILES string of the molecule is COc1ccc(CNCCOc2ccccc2)cc1OC[C@@H](O)CN1CCCCC1. The van der Waals surface area contributed by atoms with Crippen LogP contribution >= 0.6 is 0 Å². The predicted octanol–water partition coefficient (Wildman–Crippen LogP) is 3.09. The molecule has 1 saturated heterocycles. The summed E-state index contributed by atoms with van der Waals surface area (Å²) in [5, 5.41) is 13.7. The van der Waals surface area contributed by atoms with E-state index in [2.05, 4.69) is 10.2 Å². The normalized spacial score (nSPS) is 15.5. The van der Waals surface area contributed by atoms with Gasteiger partial charge in [-0.3, -0.25) is 0 Å². The fourth-order valence-electron chi connectivity index (χ4n) is 3.61. The Balaban J connectivity index is 1.42. The van der Waals surface area contributed by atoms with Gasteiger partial charge in [0.25, 0.3) is 0 Å². The molecule has 1 atom stereocenters. The summed E-state index contributed by atoms with van der Waals surface area (Å²) in [7, 11) is 1.63. The van der Waals surface area contributed by atoms with Gasteiger partial charge in [0.05, 0.1) is 7.11 Å². The third-order valence-electron chi connectivity index (χ3n) is 5.20. The number of aliphatic hydroxyl groups excluding tert-OH is 1. The van der Waals surface area contributed by atoms with Crippen molar-refractivity contribution < 1.29 is 19.3 Å². The van der Waals surface area contributed by atoms with Crippen molar-refractivity contribution in [1.82, 2.24) is 10.2 Å². The Morgan fingerprint density at radius 3 is 2.57 bits per heavy atom. The number of aliphatic hydroxyl groups is 1. The van der Waals surface area contributed by atoms with E-state index in [-0.39, 0.29) is 6.61 Å². The first-order valence-corrected chi connectivity index (χ1v) is 10.8. The van der Waals surface area contributed by atoms with Crippen molar-refractivity contribution >= 4 is 0 Å². The summed E-state index contributed by atoms with van der Waals surface area (Å²) in [5.41, 5.74) is 1.09. The lowest BCUT2D eigenvalue weighted by Gasteiger charge is -2.28. The molecule has 0 radical (unpaired) electrons. The number of likely N-dealkylation sites (tertiary alicyclic amines) is 1. The fourth-order valence-corrected chi connectivity index (χ4v) is 3.61. The molecule has 1 fully saturated rings. The van der Waals surface area contributed by atoms with Crippen molar-refractivity contribution in [1.29, 1.82) is 0 Å². The first kappa shape index (κ1) is 22.4. The third kappa shape index (κ3) is 7.52. The maximum Gasteiger partial charge on any atom is 0.161 e. The summed E-state index contributed by atoms with van der Waals surface area (Å²) in [4.78, 5) is 2.31. The van der Waals surface area contributed by atoms with Crippen LogP contribution in [-0.4, -0.2) is 62.6 Å². The Morgan fingerprint density at radius 1 is 1.00 bits per heavy atom. The second kappa shape index (κ2) is 12.4. The number of hydrogen-bond donors (Lipinski definition) is 2. The minimum Gasteiger partial charge on any atom is -0.493 e. The molecule has 1 aliphatic rings. The molecule has 0 amide bonds. The first-order chi connectivity index (χ1) is 14.7. The van der Waals surface area contributed by atoms with Gasteiger partial charge < -0.3 is 29.5 Å². The second-order valence-corrected chi connectivity index (χ2v) is 7.65. The van der Waals surface area contributed by atoms with Gasteiger partial charge in [-0.1, -0.05) is 30.7 Å². The molecule has 1 aliphatic heterocycles. The van der Waals surface area contributed by atoms with Crippen molar-refractivity contribution in [2.24, 2.45) is 0 Å². The number of nitrogens with one attached hydrogen (secondary N) is 1. The van der Waals surface area contributed by atoms with E-state index in [9.17, 15) is 5.11 Å². The number of nitrogens with zero attached hydrogens (tertiary/aromatic N) is 1. The molecular formula is C24H34N2O4. The molecule has 30 heavy (non-hydrogen) atoms. The molecule has 0 spiro atoms. The summed E-state index contributed by atoms with van der Waals surface area (Å²) in [6.45, 7) is 5.09. The van der Waals surface area contributed by atoms with Crippen LogP contribution in [0.4, 0.5) is 0 Å². The highest BCUT2D eigenvalue weighted by Gasteiger charge is 2.16. The molecule has 2 aromatic carbocycles. The largest absolute Gasteiger partial charge is 0.493 e. The van der Waals surface area contributed by atoms with Crippen LogP contribution in [0.1, 0.15) is 24.8 Å². The highest BCUT2D eigenvalue weighted by molar-refractivity contribution is 5.43. The monoisotopic (exact) mass is 414 g/mol. The van der Waals surface area contributed by atoms with Gasteiger partial charge >= 0.3 is 0 Å². The molecular weight excluding hydrogens is 380 g/mol. The number of β-amino-alcohol motifs (C(OH)–C–C–N with tert-alkyl or cyclic N) is 1. The van der Waals surface area contributed by atoms with Gasteiger partial charge in [-0.2, -0.15) is 0 Å². The van der Waals surface area contributed by atoms with Gasteiger partial charge in [-0.05, 0) is 55.8 Å². The van der Waals surface area contributed by atoms with Crippen molar-refractivity contribution in [3.8, 4) is 17.2 Å². The van der Waals surface area contributed by atoms with Crippen molar-refractivity contribution in [3.05, 3.63) is 54.1 Å². The topological polar surface area (TPSA) is 63.2 Å². The molecule has 3 rings (SSSR count). The lowest BCUT2D eigenvalue weighted by molar-refractivity contribution is 0.0608. The Bertz CT molecular complexity index is 735. The molecule has 2 N–H and O–H groups in total. The summed E-state index contributed by atoms with van der Waals surface area (Å²) in [5.74, 6) is 2.22.